The number of hydrogen-bond donors (Lipinski definition) is 1. The highest BCUT2D eigenvalue weighted by Gasteiger charge is 2.06. The van der Waals surface area contributed by atoms with E-state index in [1.54, 1.807) is 18.9 Å². The van der Waals surface area contributed by atoms with Crippen molar-refractivity contribution in [2.45, 2.75) is 17.9 Å². The van der Waals surface area contributed by atoms with Gasteiger partial charge in [0, 0.05) is 35.3 Å². The molecule has 0 unspecified atom stereocenters. The third kappa shape index (κ3) is 6.74. The van der Waals surface area contributed by atoms with Crippen LogP contribution in [0.15, 0.2) is 27.6 Å². The van der Waals surface area contributed by atoms with Crippen LogP contribution in [-0.4, -0.2) is 39.1 Å². The Morgan fingerprint density at radius 1 is 1.40 bits per heavy atom. The van der Waals surface area contributed by atoms with Gasteiger partial charge in [-0.25, -0.2) is 0 Å². The molecule has 112 valence electrons. The lowest BCUT2D eigenvalue weighted by Crippen LogP contribution is -2.19. The molecule has 1 N–H and O–H groups in total. The molecule has 0 atom stereocenters. The second-order valence-corrected chi connectivity index (χ2v) is 6.15. The predicted octanol–water partition coefficient (Wildman–Crippen LogP) is 2.84. The molecule has 6 heteroatoms. The van der Waals surface area contributed by atoms with Gasteiger partial charge in [-0.3, -0.25) is 4.79 Å². The summed E-state index contributed by atoms with van der Waals surface area (Å²) in [4.78, 5) is 12.3. The summed E-state index contributed by atoms with van der Waals surface area (Å²) in [7, 11) is 3.10. The number of methoxy groups -OCH3 is 2. The number of carbonyl (C=O) groups excluding carboxylic acids is 1. The van der Waals surface area contributed by atoms with Crippen LogP contribution in [0.2, 0.25) is 0 Å². The van der Waals surface area contributed by atoms with Gasteiger partial charge in [0.1, 0.15) is 0 Å². The molecule has 4 nitrogen and oxygen atoms in total. The fourth-order valence-electron chi connectivity index (χ4n) is 1.57. The van der Waals surface area contributed by atoms with E-state index >= 15 is 0 Å². The van der Waals surface area contributed by atoms with Crippen molar-refractivity contribution in [1.29, 1.82) is 0 Å². The topological polar surface area (TPSA) is 47.6 Å². The fourth-order valence-corrected chi connectivity index (χ4v) is 2.95. The Hall–Kier alpha value is -0.560. The van der Waals surface area contributed by atoms with Crippen LogP contribution in [0.5, 0.6) is 0 Å². The maximum absolute atomic E-state index is 11.1. The zero-order chi connectivity index (χ0) is 14.8. The summed E-state index contributed by atoms with van der Waals surface area (Å²) in [5.41, 5.74) is 1.21. The lowest BCUT2D eigenvalue weighted by Gasteiger charge is -2.11. The summed E-state index contributed by atoms with van der Waals surface area (Å²) >= 11 is 5.16. The highest BCUT2D eigenvalue weighted by molar-refractivity contribution is 9.10. The molecule has 0 bridgehead atoms. The summed E-state index contributed by atoms with van der Waals surface area (Å²) < 4.78 is 10.7. The molecular formula is C14H20BrNO3S. The second kappa shape index (κ2) is 10.2. The Kier molecular flexibility index (Phi) is 8.93. The first kappa shape index (κ1) is 17.5. The van der Waals surface area contributed by atoms with E-state index in [0.29, 0.717) is 13.0 Å². The lowest BCUT2D eigenvalue weighted by atomic mass is 10.2. The van der Waals surface area contributed by atoms with Crippen molar-refractivity contribution in [3.8, 4) is 0 Å². The Balaban J connectivity index is 2.53. The second-order valence-electron chi connectivity index (χ2n) is 4.10. The van der Waals surface area contributed by atoms with E-state index in [1.165, 1.54) is 17.6 Å². The zero-order valence-corrected chi connectivity index (χ0v) is 14.2. The van der Waals surface area contributed by atoms with E-state index in [2.05, 4.69) is 38.1 Å². The third-order valence-corrected chi connectivity index (χ3v) is 4.22. The molecule has 0 aliphatic carbocycles. The van der Waals surface area contributed by atoms with Gasteiger partial charge in [-0.15, -0.1) is 11.8 Å². The quantitative estimate of drug-likeness (QED) is 0.416. The molecule has 0 saturated carbocycles. The van der Waals surface area contributed by atoms with Crippen molar-refractivity contribution in [3.63, 3.8) is 0 Å². The normalized spacial score (nSPS) is 10.6. The van der Waals surface area contributed by atoms with E-state index in [-0.39, 0.29) is 5.97 Å². The van der Waals surface area contributed by atoms with Crippen LogP contribution >= 0.6 is 27.7 Å². The van der Waals surface area contributed by atoms with Gasteiger partial charge in [-0.1, -0.05) is 15.9 Å². The zero-order valence-electron chi connectivity index (χ0n) is 11.8. The van der Waals surface area contributed by atoms with Crippen LogP contribution in [0.1, 0.15) is 12.0 Å². The molecule has 0 aliphatic heterocycles. The number of ether oxygens (including phenoxy) is 2. The van der Waals surface area contributed by atoms with E-state index in [4.69, 9.17) is 4.74 Å². The summed E-state index contributed by atoms with van der Waals surface area (Å²) in [6, 6.07) is 6.18. The van der Waals surface area contributed by atoms with Crippen LogP contribution in [0.25, 0.3) is 0 Å². The molecule has 1 rings (SSSR count). The van der Waals surface area contributed by atoms with Crippen LogP contribution in [0.4, 0.5) is 0 Å². The van der Waals surface area contributed by atoms with Gasteiger partial charge >= 0.3 is 5.97 Å². The van der Waals surface area contributed by atoms with Crippen molar-refractivity contribution in [1.82, 2.24) is 5.32 Å². The summed E-state index contributed by atoms with van der Waals surface area (Å²) in [6.07, 6.45) is 0.424. The van der Waals surface area contributed by atoms with E-state index in [9.17, 15) is 4.79 Å². The monoisotopic (exact) mass is 361 g/mol. The molecule has 0 saturated heterocycles. The van der Waals surface area contributed by atoms with Gasteiger partial charge in [-0.05, 0) is 23.8 Å². The van der Waals surface area contributed by atoms with E-state index in [1.807, 2.05) is 6.07 Å². The maximum atomic E-state index is 11.1. The molecular weight excluding hydrogens is 342 g/mol. The lowest BCUT2D eigenvalue weighted by molar-refractivity contribution is -0.140. The van der Waals surface area contributed by atoms with E-state index < -0.39 is 0 Å². The molecule has 0 radical (unpaired) electrons. The van der Waals surface area contributed by atoms with Crippen molar-refractivity contribution in [2.75, 3.05) is 33.1 Å². The smallest absolute Gasteiger partial charge is 0.306 e. The number of hydrogen-bond acceptors (Lipinski definition) is 5. The standard InChI is InChI=1S/C14H20BrNO3S/c1-18-7-6-16-10-11-9-12(15)3-4-13(11)20-8-5-14(17)19-2/h3-4,9,16H,5-8,10H2,1-2H3. The highest BCUT2D eigenvalue weighted by atomic mass is 79.9. The van der Waals surface area contributed by atoms with Gasteiger partial charge in [0.2, 0.25) is 0 Å². The number of rotatable bonds is 9. The largest absolute Gasteiger partial charge is 0.469 e. The van der Waals surface area contributed by atoms with Crippen molar-refractivity contribution < 1.29 is 14.3 Å². The van der Waals surface area contributed by atoms with Crippen molar-refractivity contribution in [2.24, 2.45) is 0 Å². The first-order valence-electron chi connectivity index (χ1n) is 6.35. The average Bonchev–Trinajstić information content (AvgIpc) is 2.45. The van der Waals surface area contributed by atoms with Crippen molar-refractivity contribution >= 4 is 33.7 Å². The average molecular weight is 362 g/mol. The molecule has 0 fully saturated rings. The highest BCUT2D eigenvalue weighted by Crippen LogP contribution is 2.26. The summed E-state index contributed by atoms with van der Waals surface area (Å²) in [5.74, 6) is 0.550. The van der Waals surface area contributed by atoms with E-state index in [0.717, 1.165) is 23.3 Å². The minimum absolute atomic E-state index is 0.172. The number of carbonyl (C=O) groups is 1. The van der Waals surface area contributed by atoms with Gasteiger partial charge < -0.3 is 14.8 Å². The molecule has 0 aromatic heterocycles. The number of thioether (sulfide) groups is 1. The van der Waals surface area contributed by atoms with Crippen molar-refractivity contribution in [3.05, 3.63) is 28.2 Å². The van der Waals surface area contributed by atoms with Crippen LogP contribution < -0.4 is 5.32 Å². The predicted molar refractivity (Wildman–Crippen MR) is 85.1 cm³/mol. The van der Waals surface area contributed by atoms with Gasteiger partial charge in [-0.2, -0.15) is 0 Å². The molecule has 0 heterocycles. The van der Waals surface area contributed by atoms with Crippen LogP contribution in [0, 0.1) is 0 Å². The minimum Gasteiger partial charge on any atom is -0.469 e. The van der Waals surface area contributed by atoms with Gasteiger partial charge in [0.25, 0.3) is 0 Å². The minimum atomic E-state index is -0.172. The number of halogens is 1. The number of esters is 1. The van der Waals surface area contributed by atoms with Crippen LogP contribution in [0.3, 0.4) is 0 Å². The Morgan fingerprint density at radius 3 is 2.90 bits per heavy atom. The first-order chi connectivity index (χ1) is 9.67. The summed E-state index contributed by atoms with van der Waals surface area (Å²) in [5, 5.41) is 3.33. The third-order valence-electron chi connectivity index (χ3n) is 2.61. The molecule has 20 heavy (non-hydrogen) atoms. The Morgan fingerprint density at radius 2 is 2.20 bits per heavy atom. The van der Waals surface area contributed by atoms with Gasteiger partial charge in [0.05, 0.1) is 20.1 Å². The SMILES string of the molecule is COCCNCc1cc(Br)ccc1SCCC(=O)OC. The van der Waals surface area contributed by atoms with Gasteiger partial charge in [0.15, 0.2) is 0 Å². The molecule has 0 amide bonds. The fraction of sp³-hybridized carbons (Fsp3) is 0.500. The summed E-state index contributed by atoms with van der Waals surface area (Å²) in [6.45, 7) is 2.29. The molecule has 0 aliphatic rings. The number of benzene rings is 1. The molecule has 0 spiro atoms. The number of nitrogens with one attached hydrogen (secondary N) is 1. The molecule has 1 aromatic rings. The Bertz CT molecular complexity index is 429. The van der Waals surface area contributed by atoms with Crippen LogP contribution in [-0.2, 0) is 20.8 Å². The first-order valence-corrected chi connectivity index (χ1v) is 8.13. The Labute approximate surface area is 132 Å². The maximum Gasteiger partial charge on any atom is 0.306 e. The molecule has 1 aromatic carbocycles.